The second-order valence-corrected chi connectivity index (χ2v) is 8.11. The van der Waals surface area contributed by atoms with E-state index in [4.69, 9.17) is 4.74 Å². The molecule has 0 amide bonds. The molecule has 2 aromatic carbocycles. The Morgan fingerprint density at radius 3 is 2.93 bits per heavy atom. The van der Waals surface area contributed by atoms with Gasteiger partial charge in [0, 0.05) is 44.9 Å². The van der Waals surface area contributed by atoms with Gasteiger partial charge in [-0.25, -0.2) is 0 Å². The molecule has 5 rings (SSSR count). The molecule has 0 saturated carbocycles. The Labute approximate surface area is 171 Å². The molecule has 0 unspecified atom stereocenters. The van der Waals surface area contributed by atoms with Gasteiger partial charge >= 0.3 is 0 Å². The number of anilines is 1. The van der Waals surface area contributed by atoms with Crippen LogP contribution in [-0.4, -0.2) is 17.9 Å². The zero-order valence-corrected chi connectivity index (χ0v) is 17.0. The number of ketones is 1. The number of benzene rings is 2. The molecule has 1 N–H and O–H groups in total. The van der Waals surface area contributed by atoms with E-state index in [0.717, 1.165) is 61.9 Å². The van der Waals surface area contributed by atoms with Gasteiger partial charge in [0.2, 0.25) is 0 Å². The number of ether oxygens (including phenoxy) is 1. The summed E-state index contributed by atoms with van der Waals surface area (Å²) in [4.78, 5) is 17.6. The molecule has 1 atom stereocenters. The minimum Gasteiger partial charge on any atom is -0.496 e. The molecular formula is C23H19BrN2O2. The van der Waals surface area contributed by atoms with Gasteiger partial charge in [-0.3, -0.25) is 9.78 Å². The van der Waals surface area contributed by atoms with Gasteiger partial charge in [0.05, 0.1) is 18.7 Å². The molecule has 2 heterocycles. The average molecular weight is 435 g/mol. The highest BCUT2D eigenvalue weighted by molar-refractivity contribution is 9.10. The van der Waals surface area contributed by atoms with E-state index in [1.165, 1.54) is 0 Å². The van der Waals surface area contributed by atoms with Crippen LogP contribution < -0.4 is 10.1 Å². The van der Waals surface area contributed by atoms with Crippen molar-refractivity contribution in [1.82, 2.24) is 4.98 Å². The van der Waals surface area contributed by atoms with Crippen LogP contribution in [0.15, 0.2) is 58.7 Å². The van der Waals surface area contributed by atoms with Crippen molar-refractivity contribution < 1.29 is 9.53 Å². The molecule has 0 radical (unpaired) electrons. The van der Waals surface area contributed by atoms with Crippen molar-refractivity contribution >= 4 is 43.9 Å². The Morgan fingerprint density at radius 2 is 2.07 bits per heavy atom. The minimum atomic E-state index is -0.225. The van der Waals surface area contributed by atoms with Crippen LogP contribution >= 0.6 is 15.9 Å². The standard InChI is InChI=1S/C23H19BrN2O2/c1-28-20-10-7-13(24)12-16(20)23-22-15(4-2-6-19(22)27)21-14-5-3-11-25-17(14)8-9-18(21)26-23/h3,5,7-12,23,26H,2,4,6H2,1H3/t23-/m1/s1. The van der Waals surface area contributed by atoms with Crippen LogP contribution in [0.1, 0.15) is 36.4 Å². The number of pyridine rings is 1. The summed E-state index contributed by atoms with van der Waals surface area (Å²) >= 11 is 3.57. The number of aromatic nitrogens is 1. The second kappa shape index (κ2) is 6.74. The Bertz CT molecular complexity index is 1150. The lowest BCUT2D eigenvalue weighted by molar-refractivity contribution is -0.116. The molecule has 4 nitrogen and oxygen atoms in total. The predicted molar refractivity (Wildman–Crippen MR) is 115 cm³/mol. The van der Waals surface area contributed by atoms with E-state index in [2.05, 4.69) is 38.4 Å². The van der Waals surface area contributed by atoms with Gasteiger partial charge in [-0.15, -0.1) is 0 Å². The fourth-order valence-corrected chi connectivity index (χ4v) is 4.83. The summed E-state index contributed by atoms with van der Waals surface area (Å²) in [5.74, 6) is 0.990. The summed E-state index contributed by atoms with van der Waals surface area (Å²) in [6, 6.07) is 13.9. The van der Waals surface area contributed by atoms with Gasteiger partial charge in [-0.1, -0.05) is 22.0 Å². The van der Waals surface area contributed by atoms with Crippen LogP contribution in [0, 0.1) is 0 Å². The van der Waals surface area contributed by atoms with E-state index in [1.54, 1.807) is 7.11 Å². The van der Waals surface area contributed by atoms with Crippen molar-refractivity contribution in [3.63, 3.8) is 0 Å². The number of hydrogen-bond donors (Lipinski definition) is 1. The maximum Gasteiger partial charge on any atom is 0.161 e. The molecule has 0 fully saturated rings. The average Bonchev–Trinajstić information content (AvgIpc) is 2.73. The molecule has 2 aliphatic rings. The third-order valence-electron chi connectivity index (χ3n) is 5.63. The number of carbonyl (C=O) groups is 1. The van der Waals surface area contributed by atoms with Crippen LogP contribution in [0.3, 0.4) is 0 Å². The van der Waals surface area contributed by atoms with Crippen LogP contribution in [0.5, 0.6) is 5.75 Å². The molecule has 1 aliphatic carbocycles. The molecule has 1 aliphatic heterocycles. The number of nitrogens with one attached hydrogen (secondary N) is 1. The lowest BCUT2D eigenvalue weighted by Gasteiger charge is -2.35. The fourth-order valence-electron chi connectivity index (χ4n) is 4.45. The highest BCUT2D eigenvalue weighted by Crippen LogP contribution is 2.49. The topological polar surface area (TPSA) is 51.2 Å². The van der Waals surface area contributed by atoms with Crippen molar-refractivity contribution in [1.29, 1.82) is 0 Å². The Morgan fingerprint density at radius 1 is 1.18 bits per heavy atom. The lowest BCUT2D eigenvalue weighted by Crippen LogP contribution is -2.27. The summed E-state index contributed by atoms with van der Waals surface area (Å²) in [5.41, 5.74) is 6.10. The van der Waals surface area contributed by atoms with Crippen LogP contribution in [-0.2, 0) is 4.79 Å². The number of methoxy groups -OCH3 is 1. The van der Waals surface area contributed by atoms with E-state index < -0.39 is 0 Å². The van der Waals surface area contributed by atoms with E-state index in [9.17, 15) is 4.79 Å². The van der Waals surface area contributed by atoms with Crippen molar-refractivity contribution in [3.8, 4) is 5.75 Å². The second-order valence-electron chi connectivity index (χ2n) is 7.19. The SMILES string of the molecule is COc1ccc(Br)cc1[C@H]1Nc2ccc3ncccc3c2C2=C1C(=O)CCC2. The summed E-state index contributed by atoms with van der Waals surface area (Å²) in [7, 11) is 1.67. The maximum absolute atomic E-state index is 13.1. The molecule has 0 bridgehead atoms. The van der Waals surface area contributed by atoms with Gasteiger partial charge in [0.15, 0.2) is 5.78 Å². The van der Waals surface area contributed by atoms with Crippen LogP contribution in [0.4, 0.5) is 5.69 Å². The number of allylic oxidation sites excluding steroid dienone is 1. The highest BCUT2D eigenvalue weighted by atomic mass is 79.9. The molecule has 3 aromatic rings. The predicted octanol–water partition coefficient (Wildman–Crippen LogP) is 5.68. The fraction of sp³-hybridized carbons (Fsp3) is 0.217. The van der Waals surface area contributed by atoms with Crippen molar-refractivity contribution in [2.75, 3.05) is 12.4 Å². The molecule has 0 spiro atoms. The van der Waals surface area contributed by atoms with E-state index in [1.807, 2.05) is 36.5 Å². The van der Waals surface area contributed by atoms with Gasteiger partial charge in [-0.2, -0.15) is 0 Å². The first-order chi connectivity index (χ1) is 13.7. The van der Waals surface area contributed by atoms with Gasteiger partial charge < -0.3 is 10.1 Å². The smallest absolute Gasteiger partial charge is 0.161 e. The monoisotopic (exact) mass is 434 g/mol. The van der Waals surface area contributed by atoms with E-state index in [0.29, 0.717) is 6.42 Å². The first-order valence-electron chi connectivity index (χ1n) is 9.41. The molecule has 28 heavy (non-hydrogen) atoms. The zero-order valence-electron chi connectivity index (χ0n) is 15.5. The Balaban J connectivity index is 1.80. The van der Waals surface area contributed by atoms with Crippen LogP contribution in [0.2, 0.25) is 0 Å². The first-order valence-corrected chi connectivity index (χ1v) is 10.2. The molecule has 0 saturated heterocycles. The van der Waals surface area contributed by atoms with Crippen molar-refractivity contribution in [3.05, 3.63) is 69.8 Å². The van der Waals surface area contributed by atoms with Gasteiger partial charge in [-0.05, 0) is 54.8 Å². The largest absolute Gasteiger partial charge is 0.496 e. The summed E-state index contributed by atoms with van der Waals surface area (Å²) < 4.78 is 6.58. The van der Waals surface area contributed by atoms with Gasteiger partial charge in [0.1, 0.15) is 5.75 Å². The zero-order chi connectivity index (χ0) is 19.3. The molecule has 140 valence electrons. The third-order valence-corrected chi connectivity index (χ3v) is 6.13. The number of carbonyl (C=O) groups excluding carboxylic acids is 1. The number of rotatable bonds is 2. The first kappa shape index (κ1) is 17.4. The van der Waals surface area contributed by atoms with Crippen molar-refractivity contribution in [2.24, 2.45) is 0 Å². The highest BCUT2D eigenvalue weighted by Gasteiger charge is 2.36. The third kappa shape index (κ3) is 2.65. The van der Waals surface area contributed by atoms with Crippen LogP contribution in [0.25, 0.3) is 16.5 Å². The normalized spacial score (nSPS) is 18.5. The molecule has 5 heteroatoms. The minimum absolute atomic E-state index is 0.215. The van der Waals surface area contributed by atoms with Gasteiger partial charge in [0.25, 0.3) is 0 Å². The number of nitrogens with zero attached hydrogens (tertiary/aromatic N) is 1. The summed E-state index contributed by atoms with van der Waals surface area (Å²) in [6.07, 6.45) is 4.18. The number of hydrogen-bond acceptors (Lipinski definition) is 4. The summed E-state index contributed by atoms with van der Waals surface area (Å²) in [6.45, 7) is 0. The number of halogens is 1. The quantitative estimate of drug-likeness (QED) is 0.563. The summed E-state index contributed by atoms with van der Waals surface area (Å²) in [5, 5.41) is 4.72. The molecule has 1 aromatic heterocycles. The lowest BCUT2D eigenvalue weighted by atomic mass is 9.77. The van der Waals surface area contributed by atoms with E-state index >= 15 is 0 Å². The van der Waals surface area contributed by atoms with E-state index in [-0.39, 0.29) is 11.8 Å². The number of Topliss-reactive ketones (excluding diaryl/α,β-unsaturated/α-hetero) is 1. The maximum atomic E-state index is 13.1. The molecular weight excluding hydrogens is 416 g/mol. The Kier molecular flexibility index (Phi) is 4.20. The van der Waals surface area contributed by atoms with Crippen molar-refractivity contribution in [2.45, 2.75) is 25.3 Å². The number of fused-ring (bicyclic) bond motifs is 4. The Hall–Kier alpha value is -2.66.